The Kier molecular flexibility index (Phi) is 5.60. The molecular weight excluding hydrogens is 250 g/mol. The monoisotopic (exact) mass is 275 g/mol. The van der Waals surface area contributed by atoms with Crippen molar-refractivity contribution in [1.82, 2.24) is 5.32 Å². The predicted octanol–water partition coefficient (Wildman–Crippen LogP) is 3.39. The standard InChI is InChI=1S/C17H25NO2/c1-13-5-3-4-6-16(13)12-18-11-14-7-9-15(10-8-14)17(19)20-2/h7-10,13,16,18H,3-6,11-12H2,1-2H3. The zero-order chi connectivity index (χ0) is 14.4. The number of hydrogen-bond donors (Lipinski definition) is 1. The molecule has 0 aliphatic heterocycles. The molecule has 0 saturated heterocycles. The van der Waals surface area contributed by atoms with Crippen molar-refractivity contribution in [1.29, 1.82) is 0 Å². The van der Waals surface area contributed by atoms with E-state index in [0.29, 0.717) is 5.56 Å². The molecule has 20 heavy (non-hydrogen) atoms. The van der Waals surface area contributed by atoms with Crippen molar-refractivity contribution < 1.29 is 9.53 Å². The number of rotatable bonds is 5. The second-order valence-corrected chi connectivity index (χ2v) is 5.84. The van der Waals surface area contributed by atoms with Gasteiger partial charge in [0, 0.05) is 6.54 Å². The van der Waals surface area contributed by atoms with Gasteiger partial charge in [-0.05, 0) is 42.5 Å². The average molecular weight is 275 g/mol. The number of hydrogen-bond acceptors (Lipinski definition) is 3. The number of esters is 1. The molecule has 0 aromatic heterocycles. The van der Waals surface area contributed by atoms with Crippen molar-refractivity contribution in [3.63, 3.8) is 0 Å². The molecule has 0 bridgehead atoms. The van der Waals surface area contributed by atoms with Gasteiger partial charge in [-0.3, -0.25) is 0 Å². The van der Waals surface area contributed by atoms with Crippen LogP contribution in [0.15, 0.2) is 24.3 Å². The Morgan fingerprint density at radius 2 is 1.95 bits per heavy atom. The zero-order valence-corrected chi connectivity index (χ0v) is 12.5. The van der Waals surface area contributed by atoms with Crippen LogP contribution in [0.25, 0.3) is 0 Å². The van der Waals surface area contributed by atoms with Crippen molar-refractivity contribution in [2.45, 2.75) is 39.2 Å². The van der Waals surface area contributed by atoms with Crippen LogP contribution < -0.4 is 5.32 Å². The molecule has 1 fully saturated rings. The number of ether oxygens (including phenoxy) is 1. The molecule has 0 radical (unpaired) electrons. The molecule has 1 N–H and O–H groups in total. The highest BCUT2D eigenvalue weighted by atomic mass is 16.5. The van der Waals surface area contributed by atoms with Gasteiger partial charge in [-0.2, -0.15) is 0 Å². The van der Waals surface area contributed by atoms with Crippen LogP contribution in [0.1, 0.15) is 48.5 Å². The number of carbonyl (C=O) groups excluding carboxylic acids is 1. The molecule has 3 nitrogen and oxygen atoms in total. The van der Waals surface area contributed by atoms with Crippen LogP contribution >= 0.6 is 0 Å². The minimum Gasteiger partial charge on any atom is -0.465 e. The van der Waals surface area contributed by atoms with Gasteiger partial charge in [-0.25, -0.2) is 4.79 Å². The Hall–Kier alpha value is -1.35. The maximum absolute atomic E-state index is 11.3. The van der Waals surface area contributed by atoms with Crippen molar-refractivity contribution in [2.24, 2.45) is 11.8 Å². The first kappa shape index (κ1) is 15.0. The summed E-state index contributed by atoms with van der Waals surface area (Å²) in [6.07, 6.45) is 5.51. The van der Waals surface area contributed by atoms with E-state index in [4.69, 9.17) is 4.74 Å². The fraction of sp³-hybridized carbons (Fsp3) is 0.588. The van der Waals surface area contributed by atoms with Gasteiger partial charge in [0.25, 0.3) is 0 Å². The van der Waals surface area contributed by atoms with Gasteiger partial charge in [0.1, 0.15) is 0 Å². The predicted molar refractivity (Wildman–Crippen MR) is 80.6 cm³/mol. The van der Waals surface area contributed by atoms with E-state index in [1.54, 1.807) is 0 Å². The molecule has 2 rings (SSSR count). The molecule has 0 amide bonds. The van der Waals surface area contributed by atoms with Gasteiger partial charge in [-0.15, -0.1) is 0 Å². The molecule has 0 heterocycles. The Labute approximate surface area is 121 Å². The normalized spacial score (nSPS) is 22.5. The summed E-state index contributed by atoms with van der Waals surface area (Å²) in [5.74, 6) is 1.39. The number of methoxy groups -OCH3 is 1. The summed E-state index contributed by atoms with van der Waals surface area (Å²) in [5, 5.41) is 3.55. The third-order valence-electron chi connectivity index (χ3n) is 4.40. The molecule has 1 aromatic carbocycles. The molecule has 2 unspecified atom stereocenters. The molecular formula is C17H25NO2. The smallest absolute Gasteiger partial charge is 0.337 e. The molecule has 1 aromatic rings. The van der Waals surface area contributed by atoms with E-state index < -0.39 is 0 Å². The van der Waals surface area contributed by atoms with Crippen LogP contribution in [0, 0.1) is 11.8 Å². The first-order valence-electron chi connectivity index (χ1n) is 7.58. The highest BCUT2D eigenvalue weighted by molar-refractivity contribution is 5.89. The van der Waals surface area contributed by atoms with Crippen LogP contribution in [0.4, 0.5) is 0 Å². The minimum absolute atomic E-state index is 0.277. The van der Waals surface area contributed by atoms with Crippen molar-refractivity contribution in [3.8, 4) is 0 Å². The van der Waals surface area contributed by atoms with E-state index in [0.717, 1.165) is 24.9 Å². The molecule has 1 aliphatic carbocycles. The molecule has 110 valence electrons. The van der Waals surface area contributed by atoms with Crippen LogP contribution in [0.2, 0.25) is 0 Å². The van der Waals surface area contributed by atoms with Gasteiger partial charge in [0.05, 0.1) is 12.7 Å². The van der Waals surface area contributed by atoms with Gasteiger partial charge in [0.15, 0.2) is 0 Å². The van der Waals surface area contributed by atoms with Gasteiger partial charge in [0.2, 0.25) is 0 Å². The number of benzene rings is 1. The summed E-state index contributed by atoms with van der Waals surface area (Å²) >= 11 is 0. The Balaban J connectivity index is 1.77. The van der Waals surface area contributed by atoms with Crippen LogP contribution in [-0.2, 0) is 11.3 Å². The van der Waals surface area contributed by atoms with Gasteiger partial charge in [-0.1, -0.05) is 38.3 Å². The third kappa shape index (κ3) is 4.07. The van der Waals surface area contributed by atoms with Crippen molar-refractivity contribution >= 4 is 5.97 Å². The lowest BCUT2D eigenvalue weighted by Gasteiger charge is -2.28. The molecule has 1 saturated carbocycles. The quantitative estimate of drug-likeness (QED) is 0.837. The van der Waals surface area contributed by atoms with Crippen LogP contribution in [0.3, 0.4) is 0 Å². The summed E-state index contributed by atoms with van der Waals surface area (Å²) in [4.78, 5) is 11.3. The lowest BCUT2D eigenvalue weighted by atomic mass is 9.80. The average Bonchev–Trinajstić information content (AvgIpc) is 2.49. The van der Waals surface area contributed by atoms with Crippen molar-refractivity contribution in [2.75, 3.05) is 13.7 Å². The largest absolute Gasteiger partial charge is 0.465 e. The third-order valence-corrected chi connectivity index (χ3v) is 4.40. The first-order valence-corrected chi connectivity index (χ1v) is 7.58. The Morgan fingerprint density at radius 3 is 2.60 bits per heavy atom. The highest BCUT2D eigenvalue weighted by Gasteiger charge is 2.20. The SMILES string of the molecule is COC(=O)c1ccc(CNCC2CCCCC2C)cc1. The highest BCUT2D eigenvalue weighted by Crippen LogP contribution is 2.28. The minimum atomic E-state index is -0.277. The molecule has 2 atom stereocenters. The molecule has 1 aliphatic rings. The van der Waals surface area contributed by atoms with E-state index in [1.165, 1.54) is 38.4 Å². The summed E-state index contributed by atoms with van der Waals surface area (Å²) in [6.45, 7) is 4.33. The lowest BCUT2D eigenvalue weighted by Crippen LogP contribution is -2.29. The van der Waals surface area contributed by atoms with E-state index in [2.05, 4.69) is 12.2 Å². The van der Waals surface area contributed by atoms with E-state index >= 15 is 0 Å². The Bertz CT molecular complexity index is 427. The Morgan fingerprint density at radius 1 is 1.25 bits per heavy atom. The summed E-state index contributed by atoms with van der Waals surface area (Å²) < 4.78 is 4.69. The van der Waals surface area contributed by atoms with Crippen LogP contribution in [0.5, 0.6) is 0 Å². The van der Waals surface area contributed by atoms with E-state index in [1.807, 2.05) is 24.3 Å². The zero-order valence-electron chi connectivity index (χ0n) is 12.5. The first-order chi connectivity index (χ1) is 9.70. The molecule has 3 heteroatoms. The number of nitrogens with one attached hydrogen (secondary N) is 1. The van der Waals surface area contributed by atoms with Gasteiger partial charge >= 0.3 is 5.97 Å². The molecule has 0 spiro atoms. The fourth-order valence-electron chi connectivity index (χ4n) is 2.97. The summed E-state index contributed by atoms with van der Waals surface area (Å²) in [7, 11) is 1.41. The number of carbonyl (C=O) groups is 1. The second kappa shape index (κ2) is 7.44. The fourth-order valence-corrected chi connectivity index (χ4v) is 2.97. The lowest BCUT2D eigenvalue weighted by molar-refractivity contribution is 0.0600. The van der Waals surface area contributed by atoms with Crippen molar-refractivity contribution in [3.05, 3.63) is 35.4 Å². The van der Waals surface area contributed by atoms with E-state index in [9.17, 15) is 4.79 Å². The topological polar surface area (TPSA) is 38.3 Å². The maximum atomic E-state index is 11.3. The maximum Gasteiger partial charge on any atom is 0.337 e. The van der Waals surface area contributed by atoms with E-state index in [-0.39, 0.29) is 5.97 Å². The second-order valence-electron chi connectivity index (χ2n) is 5.84. The summed E-state index contributed by atoms with van der Waals surface area (Å²) in [6, 6.07) is 7.63. The van der Waals surface area contributed by atoms with Gasteiger partial charge < -0.3 is 10.1 Å². The van der Waals surface area contributed by atoms with Crippen LogP contribution in [-0.4, -0.2) is 19.6 Å². The summed E-state index contributed by atoms with van der Waals surface area (Å²) in [5.41, 5.74) is 1.82.